The Kier molecular flexibility index (Phi) is 45.8. The second kappa shape index (κ2) is 52.6. The lowest BCUT2D eigenvalue weighted by Crippen LogP contribution is -2.60. The monoisotopic (exact) mass is 1630 g/mol. The molecule has 14 bridgehead atoms. The lowest BCUT2D eigenvalue weighted by molar-refractivity contribution is -0.342. The molecule has 18 saturated carbocycles. The van der Waals surface area contributed by atoms with Gasteiger partial charge in [0.25, 0.3) is 0 Å². The van der Waals surface area contributed by atoms with E-state index in [0.29, 0.717) is 5.92 Å². The average molecular weight is 1630 g/mol. The second-order valence-electron chi connectivity index (χ2n) is 41.0. The molecule has 5 heterocycles. The summed E-state index contributed by atoms with van der Waals surface area (Å²) in [5.74, 6) is 12.6. The van der Waals surface area contributed by atoms with Crippen LogP contribution in [-0.2, 0) is 47.4 Å². The molecule has 0 amide bonds. The molecule has 5 aliphatic heterocycles. The molecule has 6 spiro atoms. The molecule has 6 atom stereocenters. The zero-order chi connectivity index (χ0) is 83.2. The van der Waals surface area contributed by atoms with Gasteiger partial charge in [-0.05, 0) is 360 Å². The van der Waals surface area contributed by atoms with Crippen molar-refractivity contribution in [2.24, 2.45) is 99.1 Å². The first-order chi connectivity index (χ1) is 56.7. The topological polar surface area (TPSA) is 92.3 Å². The van der Waals surface area contributed by atoms with Crippen molar-refractivity contribution < 1.29 is 47.4 Å². The van der Waals surface area contributed by atoms with E-state index >= 15 is 0 Å². The van der Waals surface area contributed by atoms with Crippen LogP contribution in [0.2, 0.25) is 0 Å². The minimum atomic E-state index is -0.347. The Labute approximate surface area is 720 Å². The predicted octanol–water partition coefficient (Wildman–Crippen LogP) is 31.3. The van der Waals surface area contributed by atoms with E-state index in [1.165, 1.54) is 237 Å². The van der Waals surface area contributed by atoms with Gasteiger partial charge in [0.15, 0.2) is 28.9 Å². The molecule has 0 aromatic carbocycles. The fraction of sp³-hybridized carbons (Fsp3) is 1.00. The third-order valence-corrected chi connectivity index (χ3v) is 33.1. The maximum absolute atomic E-state index is 6.33. The van der Waals surface area contributed by atoms with Crippen LogP contribution in [0.1, 0.15) is 483 Å². The van der Waals surface area contributed by atoms with Crippen LogP contribution in [0.5, 0.6) is 0 Å². The normalized spacial score (nSPS) is 36.2. The highest BCUT2D eigenvalue weighted by atomic mass is 16.7. The van der Waals surface area contributed by atoms with Crippen LogP contribution >= 0.6 is 0 Å². The molecule has 23 fully saturated rings. The van der Waals surface area contributed by atoms with Crippen molar-refractivity contribution in [1.82, 2.24) is 0 Å². The van der Waals surface area contributed by atoms with E-state index in [0.717, 1.165) is 160 Å². The maximum Gasteiger partial charge on any atom is 0.173 e. The van der Waals surface area contributed by atoms with Crippen molar-refractivity contribution in [1.29, 1.82) is 0 Å². The van der Waals surface area contributed by atoms with Crippen LogP contribution < -0.4 is 0 Å². The average Bonchev–Trinajstić information content (AvgIpc) is 1.70. The molecule has 116 heavy (non-hydrogen) atoms. The smallest absolute Gasteiger partial charge is 0.173 e. The van der Waals surface area contributed by atoms with Crippen LogP contribution in [0.25, 0.3) is 0 Å². The van der Waals surface area contributed by atoms with Crippen molar-refractivity contribution >= 4 is 0 Å². The highest BCUT2D eigenvalue weighted by Gasteiger charge is 2.61. The van der Waals surface area contributed by atoms with Gasteiger partial charge in [0.1, 0.15) is 0 Å². The van der Waals surface area contributed by atoms with Crippen LogP contribution in [-0.4, -0.2) is 95.0 Å². The second-order valence-corrected chi connectivity index (χ2v) is 41.0. The van der Waals surface area contributed by atoms with Crippen molar-refractivity contribution in [3.05, 3.63) is 0 Å². The number of ether oxygens (including phenoxy) is 10. The van der Waals surface area contributed by atoms with E-state index in [9.17, 15) is 0 Å². The Hall–Kier alpha value is -0.400. The van der Waals surface area contributed by atoms with Gasteiger partial charge in [-0.2, -0.15) is 0 Å². The van der Waals surface area contributed by atoms with Gasteiger partial charge >= 0.3 is 0 Å². The molecular weight excluding hydrogens is 1430 g/mol. The summed E-state index contributed by atoms with van der Waals surface area (Å²) in [5, 5.41) is 0. The molecule has 0 radical (unpaired) electrons. The number of rotatable bonds is 0. The molecule has 682 valence electrons. The van der Waals surface area contributed by atoms with Crippen LogP contribution in [0.15, 0.2) is 0 Å². The van der Waals surface area contributed by atoms with E-state index in [1.54, 1.807) is 135 Å². The quantitative estimate of drug-likeness (QED) is 0.233. The molecule has 0 N–H and O–H groups in total. The van der Waals surface area contributed by atoms with Gasteiger partial charge in [0, 0.05) is 49.7 Å². The van der Waals surface area contributed by atoms with Crippen molar-refractivity contribution in [2.45, 2.75) is 512 Å². The number of fused-ring (bicyclic) bond motifs is 9. The highest BCUT2D eigenvalue weighted by molar-refractivity contribution is 5.08. The van der Waals surface area contributed by atoms with Crippen molar-refractivity contribution in [3.63, 3.8) is 0 Å². The SMILES string of the molecule is C1CCCC2(CC1)C1CC3CC(C1)CC2C3.C1CCCC2(CC1)CC1CCC2C1.C1CCCC2(CC1)CCCCC2.C1CCOC2(CC3CCC2C3)OC1.C1CCOC2(CC3CCC2C3)OCC1.C1CCOC2(OCC1)C1CC3CC(C1)CC2C3.CC.CC.CC.CC.CC.CC.CC1(C)OCCCCCO1.CC1(C)OCCCCO1. The molecule has 23 rings (SSSR count). The van der Waals surface area contributed by atoms with Gasteiger partial charge in [-0.15, -0.1) is 0 Å². The van der Waals surface area contributed by atoms with Gasteiger partial charge in [-0.25, -0.2) is 0 Å². The molecule has 0 aromatic rings. The Morgan fingerprint density at radius 3 is 0.724 bits per heavy atom. The van der Waals surface area contributed by atoms with E-state index in [1.807, 2.05) is 111 Å². The number of hydrogen-bond acceptors (Lipinski definition) is 10. The molecule has 6 unspecified atom stereocenters. The Morgan fingerprint density at radius 1 is 0.190 bits per heavy atom. The lowest BCUT2D eigenvalue weighted by atomic mass is 9.43. The summed E-state index contributed by atoms with van der Waals surface area (Å²) < 4.78 is 58.3. The van der Waals surface area contributed by atoms with E-state index in [-0.39, 0.29) is 28.9 Å². The fourth-order valence-electron chi connectivity index (χ4n) is 28.2. The first-order valence-electron chi connectivity index (χ1n) is 53.1. The van der Waals surface area contributed by atoms with E-state index in [4.69, 9.17) is 47.4 Å². The third-order valence-electron chi connectivity index (χ3n) is 33.1. The van der Waals surface area contributed by atoms with Gasteiger partial charge in [0.2, 0.25) is 0 Å². The maximum atomic E-state index is 6.33. The van der Waals surface area contributed by atoms with E-state index < -0.39 is 0 Å². The predicted molar refractivity (Wildman–Crippen MR) is 488 cm³/mol. The van der Waals surface area contributed by atoms with Gasteiger partial charge < -0.3 is 47.4 Å². The molecule has 10 heteroatoms. The molecular formula is C106H198O10. The highest BCUT2D eigenvalue weighted by Crippen LogP contribution is 2.67. The minimum Gasteiger partial charge on any atom is -0.351 e. The van der Waals surface area contributed by atoms with Gasteiger partial charge in [-0.1, -0.05) is 186 Å². The summed E-state index contributed by atoms with van der Waals surface area (Å²) in [6.45, 7) is 40.8. The summed E-state index contributed by atoms with van der Waals surface area (Å²) >= 11 is 0. The molecule has 0 aromatic heterocycles. The minimum absolute atomic E-state index is 0.126. The molecule has 5 saturated heterocycles. The van der Waals surface area contributed by atoms with Crippen LogP contribution in [0.4, 0.5) is 0 Å². The summed E-state index contributed by atoms with van der Waals surface area (Å²) in [7, 11) is 0. The zero-order valence-corrected chi connectivity index (χ0v) is 80.2. The first kappa shape index (κ1) is 101. The summed E-state index contributed by atoms with van der Waals surface area (Å²) in [6.07, 6.45) is 83.5. The van der Waals surface area contributed by atoms with E-state index in [2.05, 4.69) is 0 Å². The summed E-state index contributed by atoms with van der Waals surface area (Å²) in [6, 6.07) is 0. The third kappa shape index (κ3) is 28.6. The van der Waals surface area contributed by atoms with Gasteiger partial charge in [-0.3, -0.25) is 0 Å². The first-order valence-corrected chi connectivity index (χ1v) is 53.1. The fourth-order valence-corrected chi connectivity index (χ4v) is 28.2. The van der Waals surface area contributed by atoms with Gasteiger partial charge in [0.05, 0.1) is 52.9 Å². The number of hydrogen-bond donors (Lipinski definition) is 0. The Balaban J connectivity index is 0.000000163. The lowest BCUT2D eigenvalue weighted by Gasteiger charge is -2.62. The van der Waals surface area contributed by atoms with Crippen molar-refractivity contribution in [3.8, 4) is 0 Å². The Morgan fingerprint density at radius 2 is 0.431 bits per heavy atom. The van der Waals surface area contributed by atoms with Crippen molar-refractivity contribution in [2.75, 3.05) is 66.1 Å². The molecule has 18 aliphatic carbocycles. The molecule has 10 nitrogen and oxygen atoms in total. The van der Waals surface area contributed by atoms with Crippen LogP contribution in [0.3, 0.4) is 0 Å². The Bertz CT molecular complexity index is 2330. The largest absolute Gasteiger partial charge is 0.351 e. The zero-order valence-electron chi connectivity index (χ0n) is 80.2. The summed E-state index contributed by atoms with van der Waals surface area (Å²) in [4.78, 5) is 0. The summed E-state index contributed by atoms with van der Waals surface area (Å²) in [5.41, 5.74) is 2.58. The van der Waals surface area contributed by atoms with Crippen LogP contribution in [0, 0.1) is 99.1 Å². The molecule has 23 aliphatic rings. The standard InChI is InChI=1S/C16H26.C15H24O2.C13H22.C12H20O2.C12H22.C11H18O2.C8H16O2.C7H14O2.6C2H6/c1-2-4-6-16(5-3-1)14-8-12-7-13(10-14)11-15(16)9-12;1-2-4-16-15(17-5-3-1)13-7-11-6-12(9-13)10-14(15)8-11;1-2-4-8-13(7-3-1)10-11-5-6-12(13)9-11;1-2-6-13-12(14-7-3-1)9-10-4-5-11(12)8-10;1-2-5-9-12(8-4-1)10-6-3-7-11-12;1-2-6-13-11(12-5-1)8-9-3-4-10(11)7-9;1-8(2)9-6-4-3-5-7-10-8;1-7(2)8-5-3-4-6-9-7;6*1-2/h12-15H,1-11H2;11-14H,1-10H2;11-12H,1-10H2;10-11H,1-9H2;1-11H2;9-10H,1-8H2;3-7H2,1-2H3;3-6H2,1-2H3;6*1-2H3.